The maximum atomic E-state index is 10.7. The molecule has 5 nitrogen and oxygen atoms in total. The van der Waals surface area contributed by atoms with Crippen molar-refractivity contribution in [2.75, 3.05) is 7.11 Å². The lowest BCUT2D eigenvalue weighted by molar-refractivity contribution is 0.213. The van der Waals surface area contributed by atoms with E-state index in [2.05, 4.69) is 9.99 Å². The molecule has 0 aliphatic heterocycles. The van der Waals surface area contributed by atoms with E-state index in [1.165, 1.54) is 13.2 Å². The van der Waals surface area contributed by atoms with Crippen LogP contribution in [0, 0.1) is 0 Å². The zero-order valence-corrected chi connectivity index (χ0v) is 9.22. The number of thiophene rings is 1. The SMILES string of the molecule is CON=C(C)c1ccc(S(=O)(=O)O)s1. The van der Waals surface area contributed by atoms with Gasteiger partial charge in [-0.25, -0.2) is 0 Å². The molecule has 1 N–H and O–H groups in total. The molecule has 0 radical (unpaired) electrons. The van der Waals surface area contributed by atoms with E-state index in [0.29, 0.717) is 10.6 Å². The van der Waals surface area contributed by atoms with Crippen molar-refractivity contribution in [3.8, 4) is 0 Å². The van der Waals surface area contributed by atoms with Gasteiger partial charge in [0.05, 0.1) is 10.6 Å². The summed E-state index contributed by atoms with van der Waals surface area (Å²) in [6.45, 7) is 1.68. The summed E-state index contributed by atoms with van der Waals surface area (Å²) in [7, 11) is -2.70. The quantitative estimate of drug-likeness (QED) is 0.487. The van der Waals surface area contributed by atoms with Crippen molar-refractivity contribution in [2.24, 2.45) is 5.16 Å². The average molecular weight is 235 g/mol. The van der Waals surface area contributed by atoms with Crippen LogP contribution in [0.1, 0.15) is 11.8 Å². The molecule has 14 heavy (non-hydrogen) atoms. The first-order chi connectivity index (χ1) is 6.45. The molecule has 0 amide bonds. The highest BCUT2D eigenvalue weighted by molar-refractivity contribution is 7.88. The Bertz CT molecular complexity index is 446. The summed E-state index contributed by atoms with van der Waals surface area (Å²) in [6.07, 6.45) is 0. The van der Waals surface area contributed by atoms with Gasteiger partial charge in [0.15, 0.2) is 0 Å². The van der Waals surface area contributed by atoms with Crippen LogP contribution in [0.5, 0.6) is 0 Å². The van der Waals surface area contributed by atoms with Crippen LogP contribution in [0.2, 0.25) is 0 Å². The summed E-state index contributed by atoms with van der Waals surface area (Å²) in [6, 6.07) is 2.88. The van der Waals surface area contributed by atoms with Crippen LogP contribution in [-0.2, 0) is 15.0 Å². The first-order valence-electron chi connectivity index (χ1n) is 3.60. The highest BCUT2D eigenvalue weighted by atomic mass is 32.3. The number of hydrogen-bond donors (Lipinski definition) is 1. The Hall–Kier alpha value is -0.920. The Morgan fingerprint density at radius 2 is 2.21 bits per heavy atom. The van der Waals surface area contributed by atoms with Gasteiger partial charge >= 0.3 is 10.1 Å². The molecule has 1 aromatic heterocycles. The van der Waals surface area contributed by atoms with Gasteiger partial charge in [-0.05, 0) is 19.1 Å². The van der Waals surface area contributed by atoms with E-state index in [4.69, 9.17) is 4.55 Å². The smallest absolute Gasteiger partial charge is 0.304 e. The van der Waals surface area contributed by atoms with Gasteiger partial charge in [-0.15, -0.1) is 11.3 Å². The Kier molecular flexibility index (Phi) is 3.25. The molecule has 0 atom stereocenters. The van der Waals surface area contributed by atoms with E-state index < -0.39 is 10.1 Å². The first kappa shape index (κ1) is 11.2. The molecule has 0 bridgehead atoms. The van der Waals surface area contributed by atoms with E-state index in [-0.39, 0.29) is 4.21 Å². The summed E-state index contributed by atoms with van der Waals surface area (Å²) in [5.74, 6) is 0. The summed E-state index contributed by atoms with van der Waals surface area (Å²) in [5, 5.41) is 3.64. The first-order valence-corrected chi connectivity index (χ1v) is 5.86. The maximum absolute atomic E-state index is 10.7. The Labute approximate surface area is 85.8 Å². The Balaban J connectivity index is 3.06. The predicted octanol–water partition coefficient (Wildman–Crippen LogP) is 1.37. The Morgan fingerprint density at radius 1 is 1.57 bits per heavy atom. The summed E-state index contributed by atoms with van der Waals surface area (Å²) in [5.41, 5.74) is 0.562. The zero-order valence-electron chi connectivity index (χ0n) is 7.59. The van der Waals surface area contributed by atoms with Crippen molar-refractivity contribution in [1.82, 2.24) is 0 Å². The van der Waals surface area contributed by atoms with Gasteiger partial charge in [-0.1, -0.05) is 5.16 Å². The van der Waals surface area contributed by atoms with Gasteiger partial charge in [-0.2, -0.15) is 8.42 Å². The molecule has 0 fully saturated rings. The third-order valence-electron chi connectivity index (χ3n) is 1.42. The lowest BCUT2D eigenvalue weighted by atomic mass is 10.3. The molecule has 1 rings (SSSR count). The van der Waals surface area contributed by atoms with Crippen molar-refractivity contribution >= 4 is 27.2 Å². The second-order valence-corrected chi connectivity index (χ2v) is 5.19. The van der Waals surface area contributed by atoms with Crippen LogP contribution in [0.25, 0.3) is 0 Å². The monoisotopic (exact) mass is 235 g/mol. The van der Waals surface area contributed by atoms with Crippen molar-refractivity contribution in [2.45, 2.75) is 11.1 Å². The molecule has 1 heterocycles. The molecule has 78 valence electrons. The summed E-state index contributed by atoms with van der Waals surface area (Å²) >= 11 is 0.939. The molecule has 0 saturated carbocycles. The zero-order chi connectivity index (χ0) is 10.8. The third kappa shape index (κ3) is 2.53. The largest absolute Gasteiger partial charge is 0.399 e. The van der Waals surface area contributed by atoms with E-state index in [0.717, 1.165) is 11.3 Å². The van der Waals surface area contributed by atoms with Gasteiger partial charge in [0, 0.05) is 0 Å². The fourth-order valence-corrected chi connectivity index (χ4v) is 2.44. The van der Waals surface area contributed by atoms with Gasteiger partial charge < -0.3 is 4.84 Å². The van der Waals surface area contributed by atoms with Crippen LogP contribution in [0.15, 0.2) is 21.5 Å². The van der Waals surface area contributed by atoms with Gasteiger partial charge in [0.25, 0.3) is 0 Å². The Morgan fingerprint density at radius 3 is 2.64 bits per heavy atom. The highest BCUT2D eigenvalue weighted by Gasteiger charge is 2.13. The average Bonchev–Trinajstić information content (AvgIpc) is 2.51. The maximum Gasteiger partial charge on any atom is 0.304 e. The fourth-order valence-electron chi connectivity index (χ4n) is 0.835. The van der Waals surface area contributed by atoms with Crippen LogP contribution < -0.4 is 0 Å². The fraction of sp³-hybridized carbons (Fsp3) is 0.286. The third-order valence-corrected chi connectivity index (χ3v) is 3.94. The second kappa shape index (κ2) is 4.07. The number of rotatable bonds is 3. The minimum absolute atomic E-state index is 0.0989. The molecule has 0 aromatic carbocycles. The van der Waals surface area contributed by atoms with Crippen LogP contribution in [0.3, 0.4) is 0 Å². The van der Waals surface area contributed by atoms with Crippen molar-refractivity contribution in [1.29, 1.82) is 0 Å². The van der Waals surface area contributed by atoms with Crippen molar-refractivity contribution in [3.05, 3.63) is 17.0 Å². The minimum Gasteiger partial charge on any atom is -0.399 e. The molecule has 0 aliphatic rings. The van der Waals surface area contributed by atoms with E-state index >= 15 is 0 Å². The topological polar surface area (TPSA) is 76.0 Å². The molecule has 0 aliphatic carbocycles. The van der Waals surface area contributed by atoms with Gasteiger partial charge in [0.1, 0.15) is 11.3 Å². The predicted molar refractivity (Wildman–Crippen MR) is 53.4 cm³/mol. The lowest BCUT2D eigenvalue weighted by Crippen LogP contribution is -1.93. The molecule has 0 saturated heterocycles. The van der Waals surface area contributed by atoms with Crippen LogP contribution in [0.4, 0.5) is 0 Å². The lowest BCUT2D eigenvalue weighted by Gasteiger charge is -1.93. The minimum atomic E-state index is -4.11. The van der Waals surface area contributed by atoms with Gasteiger partial charge in [0.2, 0.25) is 0 Å². The number of hydrogen-bond acceptors (Lipinski definition) is 5. The number of nitrogens with zero attached hydrogens (tertiary/aromatic N) is 1. The molecular weight excluding hydrogens is 226 g/mol. The van der Waals surface area contributed by atoms with Crippen LogP contribution in [-0.4, -0.2) is 25.8 Å². The molecular formula is C7H9NO4S2. The van der Waals surface area contributed by atoms with E-state index in [1.54, 1.807) is 13.0 Å². The molecule has 0 unspecified atom stereocenters. The highest BCUT2D eigenvalue weighted by Crippen LogP contribution is 2.21. The summed E-state index contributed by atoms with van der Waals surface area (Å²) in [4.78, 5) is 5.17. The second-order valence-electron chi connectivity index (χ2n) is 2.45. The van der Waals surface area contributed by atoms with Gasteiger partial charge in [-0.3, -0.25) is 4.55 Å². The van der Waals surface area contributed by atoms with Crippen molar-refractivity contribution < 1.29 is 17.8 Å². The van der Waals surface area contributed by atoms with E-state index in [9.17, 15) is 8.42 Å². The van der Waals surface area contributed by atoms with Crippen LogP contribution >= 0.6 is 11.3 Å². The molecule has 0 spiro atoms. The molecule has 1 aromatic rings. The standard InChI is InChI=1S/C7H9NO4S2/c1-5(8-12-2)6-3-4-7(13-6)14(9,10)11/h3-4H,1-2H3,(H,9,10,11). The number of oxime groups is 1. The molecule has 7 heteroatoms. The summed E-state index contributed by atoms with van der Waals surface area (Å²) < 4.78 is 30.1. The normalized spacial score (nSPS) is 12.9. The van der Waals surface area contributed by atoms with Crippen molar-refractivity contribution in [3.63, 3.8) is 0 Å². The van der Waals surface area contributed by atoms with E-state index in [1.807, 2.05) is 0 Å².